The van der Waals surface area contributed by atoms with Gasteiger partial charge in [-0.25, -0.2) is 0 Å². The first-order chi connectivity index (χ1) is 16.1. The van der Waals surface area contributed by atoms with Gasteiger partial charge in [0.15, 0.2) is 8.07 Å². The standard InChI is InChI=1S/C28H31NO2SSi/c1-33(24-15-7-3-8-16-24,25-17-9-4-10-18-25)28(31)21-12-22-29-26(30)19-11-20-27(29)32-23-13-5-2-6-14-23/h2-10,13-18,27H,11-12,19-22H2,1H3. The molecular formula is C28H31NO2SSi. The predicted molar refractivity (Wildman–Crippen MR) is 140 cm³/mol. The molecule has 1 amide bonds. The van der Waals surface area contributed by atoms with Crippen LogP contribution >= 0.6 is 11.8 Å². The van der Waals surface area contributed by atoms with Crippen molar-refractivity contribution in [3.63, 3.8) is 0 Å². The van der Waals surface area contributed by atoms with Crippen LogP contribution in [0.4, 0.5) is 0 Å². The Morgan fingerprint density at radius 3 is 2.03 bits per heavy atom. The molecule has 0 aromatic heterocycles. The summed E-state index contributed by atoms with van der Waals surface area (Å²) in [6.07, 6.45) is 3.75. The zero-order valence-electron chi connectivity index (χ0n) is 19.2. The Labute approximate surface area is 202 Å². The number of piperidine rings is 1. The van der Waals surface area contributed by atoms with Gasteiger partial charge in [0.2, 0.25) is 5.91 Å². The van der Waals surface area contributed by atoms with Crippen LogP contribution in [0.25, 0.3) is 0 Å². The van der Waals surface area contributed by atoms with Crippen LogP contribution in [0, 0.1) is 0 Å². The molecule has 1 aliphatic rings. The van der Waals surface area contributed by atoms with Crippen LogP contribution in [-0.4, -0.2) is 36.2 Å². The average Bonchev–Trinajstić information content (AvgIpc) is 2.86. The number of rotatable bonds is 9. The van der Waals surface area contributed by atoms with E-state index in [1.807, 2.05) is 59.5 Å². The third-order valence-corrected chi connectivity index (χ3v) is 12.2. The summed E-state index contributed by atoms with van der Waals surface area (Å²) in [5.74, 6) is 0.216. The third-order valence-electron chi connectivity index (χ3n) is 6.59. The van der Waals surface area contributed by atoms with E-state index in [-0.39, 0.29) is 11.3 Å². The molecule has 0 spiro atoms. The smallest absolute Gasteiger partial charge is 0.223 e. The van der Waals surface area contributed by atoms with Crippen LogP contribution in [-0.2, 0) is 9.59 Å². The minimum absolute atomic E-state index is 0.149. The molecule has 0 bridgehead atoms. The molecule has 1 fully saturated rings. The van der Waals surface area contributed by atoms with Crippen LogP contribution in [0.2, 0.25) is 6.55 Å². The van der Waals surface area contributed by atoms with Crippen molar-refractivity contribution in [1.82, 2.24) is 4.90 Å². The first-order valence-electron chi connectivity index (χ1n) is 11.7. The average molecular weight is 474 g/mol. The Balaban J connectivity index is 1.46. The van der Waals surface area contributed by atoms with Gasteiger partial charge in [0.25, 0.3) is 0 Å². The van der Waals surface area contributed by atoms with Gasteiger partial charge in [-0.05, 0) is 41.8 Å². The summed E-state index contributed by atoms with van der Waals surface area (Å²) in [7, 11) is -2.53. The second-order valence-electron chi connectivity index (χ2n) is 8.75. The maximum Gasteiger partial charge on any atom is 0.223 e. The molecule has 0 aliphatic carbocycles. The summed E-state index contributed by atoms with van der Waals surface area (Å²) < 4.78 is 0. The molecule has 1 heterocycles. The first-order valence-corrected chi connectivity index (χ1v) is 15.1. The van der Waals surface area contributed by atoms with Crippen molar-refractivity contribution in [2.75, 3.05) is 6.54 Å². The van der Waals surface area contributed by atoms with Gasteiger partial charge in [-0.2, -0.15) is 0 Å². The maximum atomic E-state index is 13.7. The van der Waals surface area contributed by atoms with Crippen LogP contribution in [0.15, 0.2) is 95.9 Å². The summed E-state index contributed by atoms with van der Waals surface area (Å²) in [6.45, 7) is 2.81. The molecule has 0 radical (unpaired) electrons. The number of thioether (sulfide) groups is 1. The second-order valence-corrected chi connectivity index (χ2v) is 14.0. The number of likely N-dealkylation sites (tertiary alicyclic amines) is 1. The van der Waals surface area contributed by atoms with E-state index in [0.29, 0.717) is 31.2 Å². The summed E-state index contributed by atoms with van der Waals surface area (Å²) in [6, 6.07) is 30.8. The first kappa shape index (κ1) is 23.5. The summed E-state index contributed by atoms with van der Waals surface area (Å²) in [4.78, 5) is 29.7. The van der Waals surface area contributed by atoms with Crippen LogP contribution < -0.4 is 10.4 Å². The van der Waals surface area contributed by atoms with Gasteiger partial charge in [-0.3, -0.25) is 4.79 Å². The molecule has 0 saturated carbocycles. The fourth-order valence-corrected chi connectivity index (χ4v) is 9.26. The van der Waals surface area contributed by atoms with Gasteiger partial charge in [-0.15, -0.1) is 11.8 Å². The largest absolute Gasteiger partial charge is 0.330 e. The van der Waals surface area contributed by atoms with Crippen molar-refractivity contribution in [2.24, 2.45) is 0 Å². The van der Waals surface area contributed by atoms with Crippen molar-refractivity contribution >= 4 is 41.5 Å². The Kier molecular flexibility index (Phi) is 7.83. The fraction of sp³-hybridized carbons (Fsp3) is 0.286. The highest BCUT2D eigenvalue weighted by molar-refractivity contribution is 7.99. The summed E-state index contributed by atoms with van der Waals surface area (Å²) >= 11 is 1.76. The van der Waals surface area contributed by atoms with Crippen LogP contribution in [0.5, 0.6) is 0 Å². The molecule has 0 N–H and O–H groups in total. The molecule has 33 heavy (non-hydrogen) atoms. The quantitative estimate of drug-likeness (QED) is 0.415. The van der Waals surface area contributed by atoms with Crippen molar-refractivity contribution in [3.8, 4) is 0 Å². The minimum Gasteiger partial charge on any atom is -0.330 e. The summed E-state index contributed by atoms with van der Waals surface area (Å²) in [5.41, 5.74) is 0. The Hall–Kier alpha value is -2.63. The topological polar surface area (TPSA) is 37.4 Å². The number of benzene rings is 3. The second kappa shape index (κ2) is 11.0. The number of nitrogens with zero attached hydrogens (tertiary/aromatic N) is 1. The molecule has 4 rings (SSSR count). The number of carbonyl (C=O) groups excluding carboxylic acids is 2. The molecular weight excluding hydrogens is 442 g/mol. The lowest BCUT2D eigenvalue weighted by Gasteiger charge is -2.35. The highest BCUT2D eigenvalue weighted by Crippen LogP contribution is 2.32. The lowest BCUT2D eigenvalue weighted by atomic mass is 10.1. The molecule has 3 aromatic rings. The predicted octanol–water partition coefficient (Wildman–Crippen LogP) is 4.90. The molecule has 5 heteroatoms. The molecule has 1 unspecified atom stereocenters. The number of hydrogen-bond acceptors (Lipinski definition) is 3. The Bertz CT molecular complexity index is 1020. The van der Waals surface area contributed by atoms with E-state index >= 15 is 0 Å². The van der Waals surface area contributed by atoms with E-state index in [0.717, 1.165) is 23.2 Å². The molecule has 3 aromatic carbocycles. The SMILES string of the molecule is C[Si](C(=O)CCCN1C(=O)CCCC1Sc1ccccc1)(c1ccccc1)c1ccccc1. The van der Waals surface area contributed by atoms with E-state index < -0.39 is 8.07 Å². The fourth-order valence-electron chi connectivity index (χ4n) is 4.63. The minimum atomic E-state index is -2.53. The van der Waals surface area contributed by atoms with E-state index in [1.165, 1.54) is 4.90 Å². The number of hydrogen-bond donors (Lipinski definition) is 0. The van der Waals surface area contributed by atoms with Gasteiger partial charge >= 0.3 is 0 Å². The van der Waals surface area contributed by atoms with E-state index in [1.54, 1.807) is 11.8 Å². The Morgan fingerprint density at radius 2 is 1.45 bits per heavy atom. The lowest BCUT2D eigenvalue weighted by Crippen LogP contribution is -2.62. The molecule has 1 saturated heterocycles. The van der Waals surface area contributed by atoms with E-state index in [4.69, 9.17) is 0 Å². The van der Waals surface area contributed by atoms with Crippen molar-refractivity contribution in [2.45, 2.75) is 48.9 Å². The highest BCUT2D eigenvalue weighted by Gasteiger charge is 2.39. The number of carbonyl (C=O) groups is 2. The molecule has 1 aliphatic heterocycles. The van der Waals surface area contributed by atoms with Crippen LogP contribution in [0.3, 0.4) is 0 Å². The van der Waals surface area contributed by atoms with Gasteiger partial charge in [0.1, 0.15) is 5.41 Å². The normalized spacial score (nSPS) is 16.6. The maximum absolute atomic E-state index is 13.7. The van der Waals surface area contributed by atoms with Gasteiger partial charge in [0.05, 0.1) is 5.37 Å². The Morgan fingerprint density at radius 1 is 0.909 bits per heavy atom. The lowest BCUT2D eigenvalue weighted by molar-refractivity contribution is -0.134. The third kappa shape index (κ3) is 5.48. The monoisotopic (exact) mass is 473 g/mol. The van der Waals surface area contributed by atoms with Crippen molar-refractivity contribution < 1.29 is 9.59 Å². The molecule has 3 nitrogen and oxygen atoms in total. The zero-order valence-corrected chi connectivity index (χ0v) is 21.0. The van der Waals surface area contributed by atoms with Gasteiger partial charge in [-0.1, -0.05) is 85.4 Å². The van der Waals surface area contributed by atoms with Crippen molar-refractivity contribution in [3.05, 3.63) is 91.0 Å². The van der Waals surface area contributed by atoms with E-state index in [9.17, 15) is 9.59 Å². The van der Waals surface area contributed by atoms with Crippen molar-refractivity contribution in [1.29, 1.82) is 0 Å². The summed E-state index contributed by atoms with van der Waals surface area (Å²) in [5, 5.41) is 2.77. The van der Waals surface area contributed by atoms with E-state index in [2.05, 4.69) is 42.9 Å². The van der Waals surface area contributed by atoms with Gasteiger partial charge < -0.3 is 9.69 Å². The van der Waals surface area contributed by atoms with Gasteiger partial charge in [0, 0.05) is 24.3 Å². The highest BCUT2D eigenvalue weighted by atomic mass is 32.2. The number of amides is 1. The molecule has 170 valence electrons. The van der Waals surface area contributed by atoms with Crippen LogP contribution in [0.1, 0.15) is 32.1 Å². The zero-order chi connectivity index (χ0) is 23.1. The molecule has 1 atom stereocenters.